The molecule has 0 bridgehead atoms. The quantitative estimate of drug-likeness (QED) is 0.874. The Morgan fingerprint density at radius 2 is 2.10 bits per heavy atom. The zero-order valence-corrected chi connectivity index (χ0v) is 12.6. The van der Waals surface area contributed by atoms with Crippen LogP contribution in [0.5, 0.6) is 0 Å². The SMILES string of the molecule is CCOC(=O)c1cn(C)cc1NC(=O)c1cc(Cl)n(C)n1. The molecule has 2 heterocycles. The highest BCUT2D eigenvalue weighted by Crippen LogP contribution is 2.19. The lowest BCUT2D eigenvalue weighted by molar-refractivity contribution is 0.0527. The summed E-state index contributed by atoms with van der Waals surface area (Å²) in [6, 6.07) is 1.45. The molecule has 0 aliphatic rings. The van der Waals surface area contributed by atoms with Crippen molar-refractivity contribution in [3.05, 3.63) is 34.9 Å². The lowest BCUT2D eigenvalue weighted by Gasteiger charge is -2.04. The predicted molar refractivity (Wildman–Crippen MR) is 77.5 cm³/mol. The first-order valence-corrected chi connectivity index (χ1v) is 6.64. The highest BCUT2D eigenvalue weighted by atomic mass is 35.5. The summed E-state index contributed by atoms with van der Waals surface area (Å²) in [6.07, 6.45) is 3.20. The molecule has 2 aromatic heterocycles. The van der Waals surface area contributed by atoms with Gasteiger partial charge in [-0.15, -0.1) is 0 Å². The van der Waals surface area contributed by atoms with E-state index in [4.69, 9.17) is 16.3 Å². The van der Waals surface area contributed by atoms with E-state index in [9.17, 15) is 9.59 Å². The Kier molecular flexibility index (Phi) is 4.32. The molecule has 0 spiro atoms. The van der Waals surface area contributed by atoms with Gasteiger partial charge in [-0.3, -0.25) is 9.48 Å². The largest absolute Gasteiger partial charge is 0.462 e. The van der Waals surface area contributed by atoms with Crippen molar-refractivity contribution in [2.45, 2.75) is 6.92 Å². The molecule has 0 aromatic carbocycles. The summed E-state index contributed by atoms with van der Waals surface area (Å²) in [4.78, 5) is 23.9. The van der Waals surface area contributed by atoms with Crippen molar-refractivity contribution >= 4 is 29.2 Å². The van der Waals surface area contributed by atoms with Crippen molar-refractivity contribution in [2.75, 3.05) is 11.9 Å². The van der Waals surface area contributed by atoms with Crippen LogP contribution in [0.1, 0.15) is 27.8 Å². The van der Waals surface area contributed by atoms with Crippen LogP contribution in [0, 0.1) is 0 Å². The second-order valence-electron chi connectivity index (χ2n) is 4.40. The van der Waals surface area contributed by atoms with Gasteiger partial charge in [-0.1, -0.05) is 11.6 Å². The van der Waals surface area contributed by atoms with E-state index in [0.29, 0.717) is 10.8 Å². The highest BCUT2D eigenvalue weighted by Gasteiger charge is 2.19. The third kappa shape index (κ3) is 3.25. The summed E-state index contributed by atoms with van der Waals surface area (Å²) in [5.74, 6) is -0.943. The molecule has 1 N–H and O–H groups in total. The van der Waals surface area contributed by atoms with Gasteiger partial charge in [0.25, 0.3) is 5.91 Å². The molecule has 8 heteroatoms. The number of nitrogens with one attached hydrogen (secondary N) is 1. The van der Waals surface area contributed by atoms with Gasteiger partial charge in [-0.2, -0.15) is 5.10 Å². The average Bonchev–Trinajstić information content (AvgIpc) is 2.94. The minimum Gasteiger partial charge on any atom is -0.462 e. The van der Waals surface area contributed by atoms with E-state index in [0.717, 1.165) is 0 Å². The standard InChI is InChI=1S/C13H15ClN4O3/c1-4-21-13(20)8-6-17(2)7-10(8)15-12(19)9-5-11(14)18(3)16-9/h5-7H,4H2,1-3H3,(H,15,19). The Hall–Kier alpha value is -2.28. The maximum atomic E-state index is 12.1. The maximum absolute atomic E-state index is 12.1. The van der Waals surface area contributed by atoms with Crippen molar-refractivity contribution in [1.82, 2.24) is 14.3 Å². The number of aryl methyl sites for hydroxylation is 2. The Bertz CT molecular complexity index is 670. The number of anilines is 1. The monoisotopic (exact) mass is 310 g/mol. The molecule has 0 saturated carbocycles. The molecule has 1 amide bonds. The second-order valence-corrected chi connectivity index (χ2v) is 4.79. The number of aromatic nitrogens is 3. The summed E-state index contributed by atoms with van der Waals surface area (Å²) in [7, 11) is 3.38. The van der Waals surface area contributed by atoms with E-state index < -0.39 is 11.9 Å². The molecule has 7 nitrogen and oxygen atoms in total. The molecular formula is C13H15ClN4O3. The summed E-state index contributed by atoms with van der Waals surface area (Å²) in [5, 5.41) is 6.95. The molecule has 0 fully saturated rings. The lowest BCUT2D eigenvalue weighted by atomic mass is 10.3. The molecule has 0 aliphatic heterocycles. The summed E-state index contributed by atoms with van der Waals surface area (Å²) >= 11 is 5.85. The van der Waals surface area contributed by atoms with Crippen molar-refractivity contribution in [3.63, 3.8) is 0 Å². The van der Waals surface area contributed by atoms with Crippen LogP contribution >= 0.6 is 11.6 Å². The normalized spacial score (nSPS) is 10.5. The summed E-state index contributed by atoms with van der Waals surface area (Å²) in [6.45, 7) is 1.98. The predicted octanol–water partition coefficient (Wildman–Crippen LogP) is 1.84. The van der Waals surface area contributed by atoms with Gasteiger partial charge in [0.2, 0.25) is 0 Å². The Morgan fingerprint density at radius 3 is 2.67 bits per heavy atom. The zero-order chi connectivity index (χ0) is 15.6. The molecule has 0 aliphatic carbocycles. The second kappa shape index (κ2) is 6.01. The fourth-order valence-electron chi connectivity index (χ4n) is 1.80. The minimum absolute atomic E-state index is 0.168. The lowest BCUT2D eigenvalue weighted by Crippen LogP contribution is -2.15. The fourth-order valence-corrected chi connectivity index (χ4v) is 1.94. The van der Waals surface area contributed by atoms with E-state index >= 15 is 0 Å². The topological polar surface area (TPSA) is 78.1 Å². The third-order valence-electron chi connectivity index (χ3n) is 2.75. The molecule has 112 valence electrons. The first-order chi connectivity index (χ1) is 9.92. The molecule has 2 rings (SSSR count). The van der Waals surface area contributed by atoms with Gasteiger partial charge in [-0.25, -0.2) is 4.79 Å². The van der Waals surface area contributed by atoms with Crippen LogP contribution in [-0.4, -0.2) is 32.8 Å². The van der Waals surface area contributed by atoms with Crippen LogP contribution in [0.3, 0.4) is 0 Å². The van der Waals surface area contributed by atoms with Gasteiger partial charge in [0.15, 0.2) is 5.69 Å². The molecule has 0 saturated heterocycles. The van der Waals surface area contributed by atoms with Crippen molar-refractivity contribution in [3.8, 4) is 0 Å². The fraction of sp³-hybridized carbons (Fsp3) is 0.308. The van der Waals surface area contributed by atoms with E-state index in [2.05, 4.69) is 10.4 Å². The smallest absolute Gasteiger partial charge is 0.341 e. The number of amides is 1. The number of hydrogen-bond acceptors (Lipinski definition) is 4. The van der Waals surface area contributed by atoms with Crippen molar-refractivity contribution < 1.29 is 14.3 Å². The van der Waals surface area contributed by atoms with Gasteiger partial charge in [0, 0.05) is 32.6 Å². The van der Waals surface area contributed by atoms with Crippen molar-refractivity contribution in [2.24, 2.45) is 14.1 Å². The van der Waals surface area contributed by atoms with Crippen molar-refractivity contribution in [1.29, 1.82) is 0 Å². The maximum Gasteiger partial charge on any atom is 0.341 e. The summed E-state index contributed by atoms with van der Waals surface area (Å²) in [5.41, 5.74) is 0.818. The number of rotatable bonds is 4. The third-order valence-corrected chi connectivity index (χ3v) is 3.11. The van der Waals surface area contributed by atoms with Gasteiger partial charge in [0.05, 0.1) is 12.3 Å². The molecule has 0 unspecified atom stereocenters. The first-order valence-electron chi connectivity index (χ1n) is 6.26. The Balaban J connectivity index is 2.23. The highest BCUT2D eigenvalue weighted by molar-refractivity contribution is 6.30. The van der Waals surface area contributed by atoms with Gasteiger partial charge in [-0.05, 0) is 6.92 Å². The zero-order valence-electron chi connectivity index (χ0n) is 11.9. The van der Waals surface area contributed by atoms with Crippen LogP contribution < -0.4 is 5.32 Å². The van der Waals surface area contributed by atoms with E-state index in [-0.39, 0.29) is 17.9 Å². The Morgan fingerprint density at radius 1 is 1.38 bits per heavy atom. The summed E-state index contributed by atoms with van der Waals surface area (Å²) < 4.78 is 7.99. The van der Waals surface area contributed by atoms with E-state index in [1.807, 2.05) is 0 Å². The number of ether oxygens (including phenoxy) is 1. The Labute approximate surface area is 126 Å². The van der Waals surface area contributed by atoms with E-state index in [1.54, 1.807) is 38.0 Å². The molecule has 21 heavy (non-hydrogen) atoms. The first kappa shape index (κ1) is 15.1. The number of carbonyl (C=O) groups excluding carboxylic acids is 2. The number of nitrogens with zero attached hydrogens (tertiary/aromatic N) is 3. The average molecular weight is 311 g/mol. The molecular weight excluding hydrogens is 296 g/mol. The van der Waals surface area contributed by atoms with Crippen LogP contribution in [0.4, 0.5) is 5.69 Å². The van der Waals surface area contributed by atoms with Crippen LogP contribution in [0.15, 0.2) is 18.5 Å². The van der Waals surface area contributed by atoms with Gasteiger partial charge in [0.1, 0.15) is 10.7 Å². The van der Waals surface area contributed by atoms with E-state index in [1.165, 1.54) is 10.7 Å². The van der Waals surface area contributed by atoms with Crippen LogP contribution in [0.2, 0.25) is 5.15 Å². The number of carbonyl (C=O) groups is 2. The number of esters is 1. The number of halogens is 1. The number of hydrogen-bond donors (Lipinski definition) is 1. The molecule has 0 radical (unpaired) electrons. The molecule has 2 aromatic rings. The van der Waals surface area contributed by atoms with Gasteiger partial charge >= 0.3 is 5.97 Å². The van der Waals surface area contributed by atoms with Gasteiger partial charge < -0.3 is 14.6 Å². The van der Waals surface area contributed by atoms with Crippen LogP contribution in [0.25, 0.3) is 0 Å². The van der Waals surface area contributed by atoms with Crippen LogP contribution in [-0.2, 0) is 18.8 Å². The minimum atomic E-state index is -0.493. The molecule has 0 atom stereocenters.